The summed E-state index contributed by atoms with van der Waals surface area (Å²) in [7, 11) is 0. The lowest BCUT2D eigenvalue weighted by atomic mass is 10.3. The summed E-state index contributed by atoms with van der Waals surface area (Å²) in [6.45, 7) is 1.57. The van der Waals surface area contributed by atoms with Crippen molar-refractivity contribution in [3.63, 3.8) is 0 Å². The van der Waals surface area contributed by atoms with E-state index in [1.807, 2.05) is 0 Å². The van der Waals surface area contributed by atoms with Gasteiger partial charge in [0.1, 0.15) is 0 Å². The van der Waals surface area contributed by atoms with Crippen molar-refractivity contribution in [1.82, 2.24) is 0 Å². The molecule has 0 aromatic carbocycles. The van der Waals surface area contributed by atoms with Gasteiger partial charge in [-0.25, -0.2) is 0 Å². The molecule has 0 saturated heterocycles. The van der Waals surface area contributed by atoms with Crippen LogP contribution in [0.25, 0.3) is 0 Å². The van der Waals surface area contributed by atoms with E-state index >= 15 is 0 Å². The fourth-order valence-corrected chi connectivity index (χ4v) is 0.196. The lowest BCUT2D eigenvalue weighted by Gasteiger charge is -1.85. The van der Waals surface area contributed by atoms with Gasteiger partial charge in [-0.3, -0.25) is 4.79 Å². The number of amides is 1. The molecule has 1 amide bonds. The highest BCUT2D eigenvalue weighted by atomic mass is 16.1. The molecule has 2 nitrogen and oxygen atoms in total. The van der Waals surface area contributed by atoms with Gasteiger partial charge in [0.2, 0.25) is 5.91 Å². The summed E-state index contributed by atoms with van der Waals surface area (Å²) in [5.41, 5.74) is 5.23. The maximum Gasteiger partial charge on any atom is 0.244 e. The third-order valence-corrected chi connectivity index (χ3v) is 0.688. The summed E-state index contributed by atoms with van der Waals surface area (Å²) in [6.07, 6.45) is 6.17. The minimum Gasteiger partial charge on any atom is -0.366 e. The van der Waals surface area contributed by atoms with Gasteiger partial charge in [-0.05, 0) is 13.0 Å². The van der Waals surface area contributed by atoms with Crippen molar-refractivity contribution >= 4 is 5.91 Å². The van der Waals surface area contributed by atoms with Gasteiger partial charge in [0.05, 0.1) is 0 Å². The van der Waals surface area contributed by atoms with Gasteiger partial charge in [-0.1, -0.05) is 5.92 Å². The van der Waals surface area contributed by atoms with Gasteiger partial charge in [-0.2, -0.15) is 0 Å². The maximum absolute atomic E-state index is 10.1. The molecule has 0 aliphatic rings. The van der Waals surface area contributed by atoms with Crippen LogP contribution in [-0.4, -0.2) is 5.91 Å². The number of terminal acetylenes is 1. The van der Waals surface area contributed by atoms with Crippen molar-refractivity contribution in [2.75, 3.05) is 0 Å². The lowest BCUT2D eigenvalue weighted by molar-refractivity contribution is -0.114. The smallest absolute Gasteiger partial charge is 0.244 e. The van der Waals surface area contributed by atoms with E-state index in [-0.39, 0.29) is 0 Å². The minimum atomic E-state index is -0.469. The van der Waals surface area contributed by atoms with Crippen LogP contribution in [0, 0.1) is 12.3 Å². The van der Waals surface area contributed by atoms with E-state index in [1.54, 1.807) is 6.92 Å². The van der Waals surface area contributed by atoms with Crippen LogP contribution in [0.4, 0.5) is 0 Å². The predicted molar refractivity (Wildman–Crippen MR) is 31.8 cm³/mol. The standard InChI is InChI=1S/C6H7NO/c1-3-4-5(2)6(7)8/h1,4H,2H3,(H2,7,8)/b5-4+. The normalized spacial score (nSPS) is 10.2. The Morgan fingerprint density at radius 3 is 2.50 bits per heavy atom. The Morgan fingerprint density at radius 1 is 1.88 bits per heavy atom. The Morgan fingerprint density at radius 2 is 2.38 bits per heavy atom. The van der Waals surface area contributed by atoms with Gasteiger partial charge in [0, 0.05) is 5.57 Å². The van der Waals surface area contributed by atoms with Crippen LogP contribution >= 0.6 is 0 Å². The summed E-state index contributed by atoms with van der Waals surface area (Å²) >= 11 is 0. The number of carbonyl (C=O) groups is 1. The molecule has 0 aliphatic heterocycles. The summed E-state index contributed by atoms with van der Waals surface area (Å²) in [4.78, 5) is 10.1. The first-order chi connectivity index (χ1) is 3.68. The highest BCUT2D eigenvalue weighted by molar-refractivity contribution is 5.91. The highest BCUT2D eigenvalue weighted by Crippen LogP contribution is 1.85. The van der Waals surface area contributed by atoms with Gasteiger partial charge in [0.15, 0.2) is 0 Å². The zero-order valence-electron chi connectivity index (χ0n) is 4.64. The Labute approximate surface area is 48.4 Å². The van der Waals surface area contributed by atoms with E-state index in [2.05, 4.69) is 5.92 Å². The first-order valence-corrected chi connectivity index (χ1v) is 2.11. The highest BCUT2D eigenvalue weighted by Gasteiger charge is 1.91. The second-order valence-corrected chi connectivity index (χ2v) is 1.36. The van der Waals surface area contributed by atoms with Crippen LogP contribution < -0.4 is 5.73 Å². The van der Waals surface area contributed by atoms with Crippen LogP contribution in [0.2, 0.25) is 0 Å². The van der Waals surface area contributed by atoms with Gasteiger partial charge in [0.25, 0.3) is 0 Å². The van der Waals surface area contributed by atoms with Gasteiger partial charge in [-0.15, -0.1) is 6.42 Å². The zero-order valence-corrected chi connectivity index (χ0v) is 4.64. The molecule has 0 atom stereocenters. The van der Waals surface area contributed by atoms with Crippen molar-refractivity contribution < 1.29 is 4.79 Å². The minimum absolute atomic E-state index is 0.410. The monoisotopic (exact) mass is 109 g/mol. The fourth-order valence-electron chi connectivity index (χ4n) is 0.196. The van der Waals surface area contributed by atoms with Gasteiger partial charge >= 0.3 is 0 Å². The fraction of sp³-hybridized carbons (Fsp3) is 0.167. The molecule has 42 valence electrons. The van der Waals surface area contributed by atoms with E-state index in [0.717, 1.165) is 0 Å². The molecule has 0 spiro atoms. The first-order valence-electron chi connectivity index (χ1n) is 2.11. The molecule has 2 N–H and O–H groups in total. The molecule has 8 heavy (non-hydrogen) atoms. The van der Waals surface area contributed by atoms with E-state index < -0.39 is 5.91 Å². The maximum atomic E-state index is 10.1. The van der Waals surface area contributed by atoms with Crippen LogP contribution in [0.15, 0.2) is 11.6 Å². The summed E-state index contributed by atoms with van der Waals surface area (Å²) in [5.74, 6) is 1.72. The molecule has 0 rings (SSSR count). The molecule has 2 heteroatoms. The number of nitrogens with two attached hydrogens (primary N) is 1. The van der Waals surface area contributed by atoms with Crippen LogP contribution in [-0.2, 0) is 4.79 Å². The van der Waals surface area contributed by atoms with E-state index in [4.69, 9.17) is 12.2 Å². The molecular weight excluding hydrogens is 102 g/mol. The van der Waals surface area contributed by atoms with Crippen molar-refractivity contribution in [3.8, 4) is 12.3 Å². The molecule has 0 radical (unpaired) electrons. The predicted octanol–water partition coefficient (Wildman–Crippen LogP) is 0.0512. The molecule has 0 aliphatic carbocycles. The number of hydrogen-bond donors (Lipinski definition) is 1. The molecule has 0 heterocycles. The average Bonchev–Trinajstić information content (AvgIpc) is 1.67. The number of primary amides is 1. The lowest BCUT2D eigenvalue weighted by Crippen LogP contribution is -2.11. The topological polar surface area (TPSA) is 43.1 Å². The number of rotatable bonds is 1. The van der Waals surface area contributed by atoms with E-state index in [9.17, 15) is 4.79 Å². The van der Waals surface area contributed by atoms with Gasteiger partial charge < -0.3 is 5.73 Å². The van der Waals surface area contributed by atoms with Crippen molar-refractivity contribution in [3.05, 3.63) is 11.6 Å². The third-order valence-electron chi connectivity index (χ3n) is 0.688. The number of carbonyl (C=O) groups excluding carboxylic acids is 1. The summed E-state index contributed by atoms with van der Waals surface area (Å²) in [5, 5.41) is 0. The molecular formula is C6H7NO. The Hall–Kier alpha value is -1.23. The summed E-state index contributed by atoms with van der Waals surface area (Å²) < 4.78 is 0. The van der Waals surface area contributed by atoms with Crippen molar-refractivity contribution in [1.29, 1.82) is 0 Å². The largest absolute Gasteiger partial charge is 0.366 e. The van der Waals surface area contributed by atoms with E-state index in [1.165, 1.54) is 6.08 Å². The zero-order chi connectivity index (χ0) is 6.57. The molecule has 0 unspecified atom stereocenters. The summed E-state index contributed by atoms with van der Waals surface area (Å²) in [6, 6.07) is 0. The SMILES string of the molecule is C#C/C=C(\C)C(N)=O. The van der Waals surface area contributed by atoms with Crippen LogP contribution in [0.3, 0.4) is 0 Å². The molecule has 0 aromatic heterocycles. The average molecular weight is 109 g/mol. The van der Waals surface area contributed by atoms with E-state index in [0.29, 0.717) is 5.57 Å². The molecule has 0 aromatic rings. The Balaban J connectivity index is 4.06. The molecule has 0 saturated carbocycles. The van der Waals surface area contributed by atoms with Crippen molar-refractivity contribution in [2.24, 2.45) is 5.73 Å². The molecule has 0 fully saturated rings. The van der Waals surface area contributed by atoms with Crippen LogP contribution in [0.1, 0.15) is 6.92 Å². The second-order valence-electron chi connectivity index (χ2n) is 1.36. The third kappa shape index (κ3) is 2.04. The number of hydrogen-bond acceptors (Lipinski definition) is 1. The van der Waals surface area contributed by atoms with Crippen molar-refractivity contribution in [2.45, 2.75) is 6.92 Å². The second kappa shape index (κ2) is 2.86. The van der Waals surface area contributed by atoms with Crippen LogP contribution in [0.5, 0.6) is 0 Å². The molecule has 0 bridgehead atoms. The first kappa shape index (κ1) is 6.77. The number of allylic oxidation sites excluding steroid dienone is 1. The quantitative estimate of drug-likeness (QED) is 0.375. The Bertz CT molecular complexity index is 162. The Kier molecular flexibility index (Phi) is 2.42.